The lowest BCUT2D eigenvalue weighted by atomic mass is 10.2. The Morgan fingerprint density at radius 2 is 2.16 bits per heavy atom. The molecule has 0 amide bonds. The second kappa shape index (κ2) is 6.79. The standard InChI is InChI=1S/C13H16BrN3O2/c1-2-9(8-18)15-7-12-16-17-13(19-12)10-5-3-4-6-11(10)14/h3-6,9,15,18H,2,7-8H2,1H3. The first kappa shape index (κ1) is 14.2. The van der Waals surface area contributed by atoms with Crippen LogP contribution < -0.4 is 5.32 Å². The summed E-state index contributed by atoms with van der Waals surface area (Å²) in [5.74, 6) is 0.999. The number of benzene rings is 1. The molecule has 0 aliphatic rings. The Morgan fingerprint density at radius 3 is 2.84 bits per heavy atom. The van der Waals surface area contributed by atoms with Crippen LogP contribution in [-0.2, 0) is 6.54 Å². The third-order valence-corrected chi connectivity index (χ3v) is 3.52. The molecule has 1 aromatic heterocycles. The number of aromatic nitrogens is 2. The molecule has 0 spiro atoms. The maximum absolute atomic E-state index is 9.09. The van der Waals surface area contributed by atoms with Crippen LogP contribution in [0, 0.1) is 0 Å². The molecule has 0 aliphatic heterocycles. The van der Waals surface area contributed by atoms with Crippen molar-refractivity contribution in [3.05, 3.63) is 34.6 Å². The Kier molecular flexibility index (Phi) is 5.07. The molecular weight excluding hydrogens is 310 g/mol. The fourth-order valence-electron chi connectivity index (χ4n) is 1.64. The minimum atomic E-state index is 0.0545. The van der Waals surface area contributed by atoms with Gasteiger partial charge in [0.25, 0.3) is 0 Å². The zero-order valence-electron chi connectivity index (χ0n) is 10.6. The lowest BCUT2D eigenvalue weighted by Gasteiger charge is -2.11. The van der Waals surface area contributed by atoms with Crippen molar-refractivity contribution in [2.45, 2.75) is 25.9 Å². The van der Waals surface area contributed by atoms with Gasteiger partial charge in [-0.25, -0.2) is 0 Å². The van der Waals surface area contributed by atoms with E-state index in [0.717, 1.165) is 16.5 Å². The van der Waals surface area contributed by atoms with Gasteiger partial charge in [-0.3, -0.25) is 0 Å². The molecule has 0 fully saturated rings. The normalized spacial score (nSPS) is 12.6. The van der Waals surface area contributed by atoms with E-state index < -0.39 is 0 Å². The maximum Gasteiger partial charge on any atom is 0.248 e. The monoisotopic (exact) mass is 325 g/mol. The average molecular weight is 326 g/mol. The van der Waals surface area contributed by atoms with Gasteiger partial charge in [0.2, 0.25) is 11.8 Å². The number of aliphatic hydroxyl groups is 1. The van der Waals surface area contributed by atoms with E-state index in [1.54, 1.807) is 0 Å². The third kappa shape index (κ3) is 3.62. The number of hydrogen-bond acceptors (Lipinski definition) is 5. The van der Waals surface area contributed by atoms with E-state index in [1.165, 1.54) is 0 Å². The minimum absolute atomic E-state index is 0.0545. The Morgan fingerprint density at radius 1 is 1.37 bits per heavy atom. The van der Waals surface area contributed by atoms with Crippen LogP contribution in [0.15, 0.2) is 33.2 Å². The topological polar surface area (TPSA) is 71.2 Å². The Labute approximate surface area is 120 Å². The summed E-state index contributed by atoms with van der Waals surface area (Å²) >= 11 is 3.45. The maximum atomic E-state index is 9.09. The summed E-state index contributed by atoms with van der Waals surface area (Å²) in [5.41, 5.74) is 0.871. The Bertz CT molecular complexity index is 526. The number of nitrogens with zero attached hydrogens (tertiary/aromatic N) is 2. The second-order valence-electron chi connectivity index (χ2n) is 4.15. The van der Waals surface area contributed by atoms with Gasteiger partial charge >= 0.3 is 0 Å². The Hall–Kier alpha value is -1.24. The zero-order valence-corrected chi connectivity index (χ0v) is 12.2. The van der Waals surface area contributed by atoms with Gasteiger partial charge in [-0.2, -0.15) is 0 Å². The summed E-state index contributed by atoms with van der Waals surface area (Å²) in [4.78, 5) is 0. The summed E-state index contributed by atoms with van der Waals surface area (Å²) < 4.78 is 6.51. The summed E-state index contributed by atoms with van der Waals surface area (Å²) in [6.45, 7) is 2.56. The highest BCUT2D eigenvalue weighted by Gasteiger charge is 2.12. The van der Waals surface area contributed by atoms with Gasteiger partial charge in [-0.15, -0.1) is 10.2 Å². The van der Waals surface area contributed by atoms with Crippen molar-refractivity contribution >= 4 is 15.9 Å². The van der Waals surface area contributed by atoms with Crippen LogP contribution in [-0.4, -0.2) is 28.0 Å². The van der Waals surface area contributed by atoms with Crippen molar-refractivity contribution < 1.29 is 9.52 Å². The minimum Gasteiger partial charge on any atom is -0.419 e. The van der Waals surface area contributed by atoms with Crippen LogP contribution in [0.3, 0.4) is 0 Å². The molecule has 1 atom stereocenters. The molecule has 1 unspecified atom stereocenters. The molecule has 19 heavy (non-hydrogen) atoms. The first-order valence-corrected chi connectivity index (χ1v) is 6.95. The lowest BCUT2D eigenvalue weighted by Crippen LogP contribution is -2.31. The number of halogens is 1. The number of hydrogen-bond donors (Lipinski definition) is 2. The van der Waals surface area contributed by atoms with E-state index in [1.807, 2.05) is 31.2 Å². The SMILES string of the molecule is CCC(CO)NCc1nnc(-c2ccccc2Br)o1. The van der Waals surface area contributed by atoms with Crippen molar-refractivity contribution in [3.8, 4) is 11.5 Å². The highest BCUT2D eigenvalue weighted by molar-refractivity contribution is 9.10. The predicted octanol–water partition coefficient (Wildman–Crippen LogP) is 2.36. The molecule has 6 heteroatoms. The van der Waals surface area contributed by atoms with Crippen LogP contribution >= 0.6 is 15.9 Å². The molecule has 1 aromatic carbocycles. The van der Waals surface area contributed by atoms with E-state index in [9.17, 15) is 0 Å². The number of nitrogens with one attached hydrogen (secondary N) is 1. The summed E-state index contributed by atoms with van der Waals surface area (Å²) in [6.07, 6.45) is 0.849. The molecule has 2 N–H and O–H groups in total. The largest absolute Gasteiger partial charge is 0.419 e. The van der Waals surface area contributed by atoms with Crippen LogP contribution in [0.1, 0.15) is 19.2 Å². The molecule has 0 bridgehead atoms. The Balaban J connectivity index is 2.05. The van der Waals surface area contributed by atoms with Crippen LogP contribution in [0.4, 0.5) is 0 Å². The van der Waals surface area contributed by atoms with Crippen molar-refractivity contribution in [1.29, 1.82) is 0 Å². The molecule has 5 nitrogen and oxygen atoms in total. The van der Waals surface area contributed by atoms with Gasteiger partial charge in [0, 0.05) is 10.5 Å². The second-order valence-corrected chi connectivity index (χ2v) is 5.00. The summed E-state index contributed by atoms with van der Waals surface area (Å²) in [7, 11) is 0. The average Bonchev–Trinajstić information content (AvgIpc) is 2.89. The highest BCUT2D eigenvalue weighted by Crippen LogP contribution is 2.26. The highest BCUT2D eigenvalue weighted by atomic mass is 79.9. The van der Waals surface area contributed by atoms with E-state index in [4.69, 9.17) is 9.52 Å². The first-order chi connectivity index (χ1) is 9.24. The van der Waals surface area contributed by atoms with Crippen molar-refractivity contribution in [1.82, 2.24) is 15.5 Å². The van der Waals surface area contributed by atoms with Crippen molar-refractivity contribution in [2.75, 3.05) is 6.61 Å². The van der Waals surface area contributed by atoms with Gasteiger partial charge in [0.05, 0.1) is 18.7 Å². The van der Waals surface area contributed by atoms with Crippen LogP contribution in [0.25, 0.3) is 11.5 Å². The van der Waals surface area contributed by atoms with Gasteiger partial charge in [-0.1, -0.05) is 19.1 Å². The van der Waals surface area contributed by atoms with Gasteiger partial charge in [0.1, 0.15) is 0 Å². The number of rotatable bonds is 6. The quantitative estimate of drug-likeness (QED) is 0.853. The van der Waals surface area contributed by atoms with Gasteiger partial charge in [-0.05, 0) is 34.5 Å². The summed E-state index contributed by atoms with van der Waals surface area (Å²) in [6, 6.07) is 7.74. The van der Waals surface area contributed by atoms with E-state index in [-0.39, 0.29) is 12.6 Å². The molecule has 0 saturated heterocycles. The molecule has 2 aromatic rings. The van der Waals surface area contributed by atoms with Crippen molar-refractivity contribution in [2.24, 2.45) is 0 Å². The van der Waals surface area contributed by atoms with E-state index in [2.05, 4.69) is 31.4 Å². The molecule has 1 heterocycles. The molecule has 102 valence electrons. The van der Waals surface area contributed by atoms with E-state index >= 15 is 0 Å². The van der Waals surface area contributed by atoms with Gasteiger partial charge in [0.15, 0.2) is 0 Å². The first-order valence-electron chi connectivity index (χ1n) is 6.16. The third-order valence-electron chi connectivity index (χ3n) is 2.83. The lowest BCUT2D eigenvalue weighted by molar-refractivity contribution is 0.235. The molecule has 2 rings (SSSR count). The molecule has 0 radical (unpaired) electrons. The van der Waals surface area contributed by atoms with Crippen LogP contribution in [0.2, 0.25) is 0 Å². The predicted molar refractivity (Wildman–Crippen MR) is 75.4 cm³/mol. The fraction of sp³-hybridized carbons (Fsp3) is 0.385. The fourth-order valence-corrected chi connectivity index (χ4v) is 2.09. The van der Waals surface area contributed by atoms with Gasteiger partial charge < -0.3 is 14.8 Å². The molecule has 0 aliphatic carbocycles. The van der Waals surface area contributed by atoms with Crippen LogP contribution in [0.5, 0.6) is 0 Å². The molecule has 0 saturated carbocycles. The summed E-state index contributed by atoms with van der Waals surface area (Å²) in [5, 5.41) is 20.3. The van der Waals surface area contributed by atoms with E-state index in [0.29, 0.717) is 18.3 Å². The zero-order chi connectivity index (χ0) is 13.7. The number of aliphatic hydroxyl groups excluding tert-OH is 1. The molecular formula is C13H16BrN3O2. The van der Waals surface area contributed by atoms with Crippen molar-refractivity contribution in [3.63, 3.8) is 0 Å². The smallest absolute Gasteiger partial charge is 0.248 e.